The summed E-state index contributed by atoms with van der Waals surface area (Å²) < 4.78 is 3.01. The van der Waals surface area contributed by atoms with Crippen LogP contribution in [-0.4, -0.2) is 14.5 Å². The Morgan fingerprint density at radius 1 is 1.17 bits per heavy atom. The molecule has 3 aromatic rings. The van der Waals surface area contributed by atoms with Crippen LogP contribution in [0.25, 0.3) is 16.9 Å². The molecule has 18 heavy (non-hydrogen) atoms. The Bertz CT molecular complexity index is 689. The van der Waals surface area contributed by atoms with Gasteiger partial charge < -0.3 is 9.51 Å². The van der Waals surface area contributed by atoms with E-state index in [1.165, 1.54) is 0 Å². The Hall–Kier alpha value is -1.65. The lowest BCUT2D eigenvalue weighted by Crippen LogP contribution is -1.87. The van der Waals surface area contributed by atoms with Crippen LogP contribution in [0, 0.1) is 0 Å². The molecule has 1 aromatic carbocycles. The molecule has 90 valence electrons. The van der Waals surface area contributed by atoms with Gasteiger partial charge in [0.1, 0.15) is 5.65 Å². The number of nitrogens with zero attached hydrogens (tertiary/aromatic N) is 2. The van der Waals surface area contributed by atoms with E-state index >= 15 is 0 Å². The van der Waals surface area contributed by atoms with E-state index in [4.69, 9.17) is 5.11 Å². The number of halogens is 1. The molecule has 0 aliphatic carbocycles. The summed E-state index contributed by atoms with van der Waals surface area (Å²) in [4.78, 5) is 4.56. The Labute approximate surface area is 113 Å². The van der Waals surface area contributed by atoms with E-state index in [1.54, 1.807) is 0 Å². The summed E-state index contributed by atoms with van der Waals surface area (Å²) in [7, 11) is 0. The van der Waals surface area contributed by atoms with Crippen LogP contribution < -0.4 is 0 Å². The maximum atomic E-state index is 9.11. The van der Waals surface area contributed by atoms with Gasteiger partial charge in [0.25, 0.3) is 0 Å². The first kappa shape index (κ1) is 11.4. The highest BCUT2D eigenvalue weighted by Crippen LogP contribution is 2.21. The van der Waals surface area contributed by atoms with Crippen LogP contribution in [0.3, 0.4) is 0 Å². The minimum Gasteiger partial charge on any atom is -0.392 e. The van der Waals surface area contributed by atoms with Gasteiger partial charge in [-0.1, -0.05) is 28.1 Å². The molecule has 0 spiro atoms. The Balaban J connectivity index is 2.10. The first-order valence-corrected chi connectivity index (χ1v) is 6.40. The third kappa shape index (κ3) is 2.05. The normalized spacial score (nSPS) is 11.0. The van der Waals surface area contributed by atoms with E-state index in [0.717, 1.165) is 26.9 Å². The predicted octanol–water partition coefficient (Wildman–Crippen LogP) is 3.26. The maximum Gasteiger partial charge on any atom is 0.137 e. The number of imidazole rings is 1. The Morgan fingerprint density at radius 3 is 2.67 bits per heavy atom. The van der Waals surface area contributed by atoms with Gasteiger partial charge in [0, 0.05) is 22.4 Å². The predicted molar refractivity (Wildman–Crippen MR) is 74.3 cm³/mol. The zero-order chi connectivity index (χ0) is 12.5. The Morgan fingerprint density at radius 2 is 1.94 bits per heavy atom. The summed E-state index contributed by atoms with van der Waals surface area (Å²) in [5.41, 5.74) is 3.72. The van der Waals surface area contributed by atoms with E-state index in [2.05, 4.69) is 20.9 Å². The van der Waals surface area contributed by atoms with Crippen molar-refractivity contribution in [3.05, 3.63) is 58.8 Å². The van der Waals surface area contributed by atoms with Crippen molar-refractivity contribution in [3.8, 4) is 11.3 Å². The van der Waals surface area contributed by atoms with Crippen molar-refractivity contribution in [3.63, 3.8) is 0 Å². The SMILES string of the molecule is OCc1ccn2cc(-c3ccc(Br)cc3)nc2c1. The fourth-order valence-corrected chi connectivity index (χ4v) is 2.15. The number of aliphatic hydroxyl groups excluding tert-OH is 1. The van der Waals surface area contributed by atoms with Crippen molar-refractivity contribution in [1.82, 2.24) is 9.38 Å². The number of benzene rings is 1. The zero-order valence-corrected chi connectivity index (χ0v) is 11.1. The van der Waals surface area contributed by atoms with Gasteiger partial charge >= 0.3 is 0 Å². The molecule has 0 fully saturated rings. The average molecular weight is 303 g/mol. The van der Waals surface area contributed by atoms with E-state index < -0.39 is 0 Å². The summed E-state index contributed by atoms with van der Waals surface area (Å²) in [5, 5.41) is 9.11. The molecular weight excluding hydrogens is 292 g/mol. The molecule has 0 aliphatic rings. The molecule has 0 aliphatic heterocycles. The number of hydrogen-bond acceptors (Lipinski definition) is 2. The molecule has 0 saturated heterocycles. The lowest BCUT2D eigenvalue weighted by atomic mass is 10.2. The van der Waals surface area contributed by atoms with Crippen LogP contribution in [0.1, 0.15) is 5.56 Å². The lowest BCUT2D eigenvalue weighted by Gasteiger charge is -1.95. The van der Waals surface area contributed by atoms with E-state index in [0.29, 0.717) is 0 Å². The van der Waals surface area contributed by atoms with Gasteiger partial charge in [-0.3, -0.25) is 0 Å². The maximum absolute atomic E-state index is 9.11. The summed E-state index contributed by atoms with van der Waals surface area (Å²) in [6, 6.07) is 11.8. The largest absolute Gasteiger partial charge is 0.392 e. The number of aromatic nitrogens is 2. The third-order valence-electron chi connectivity index (χ3n) is 2.85. The number of hydrogen-bond donors (Lipinski definition) is 1. The third-order valence-corrected chi connectivity index (χ3v) is 3.38. The molecular formula is C14H11BrN2O. The monoisotopic (exact) mass is 302 g/mol. The quantitative estimate of drug-likeness (QED) is 0.789. The Kier molecular flexibility index (Phi) is 2.89. The fourth-order valence-electron chi connectivity index (χ4n) is 1.88. The number of fused-ring (bicyclic) bond motifs is 1. The van der Waals surface area contributed by atoms with Crippen LogP contribution in [0.15, 0.2) is 53.3 Å². The minimum absolute atomic E-state index is 0.0387. The van der Waals surface area contributed by atoms with Crippen molar-refractivity contribution >= 4 is 21.6 Å². The van der Waals surface area contributed by atoms with Gasteiger partial charge in [0.05, 0.1) is 12.3 Å². The van der Waals surface area contributed by atoms with Crippen molar-refractivity contribution in [2.75, 3.05) is 0 Å². The van der Waals surface area contributed by atoms with Crippen LogP contribution in [0.2, 0.25) is 0 Å². The summed E-state index contributed by atoms with van der Waals surface area (Å²) in [5.74, 6) is 0. The minimum atomic E-state index is 0.0387. The van der Waals surface area contributed by atoms with Gasteiger partial charge in [-0.2, -0.15) is 0 Å². The van der Waals surface area contributed by atoms with E-state index in [9.17, 15) is 0 Å². The van der Waals surface area contributed by atoms with Crippen molar-refractivity contribution in [2.24, 2.45) is 0 Å². The van der Waals surface area contributed by atoms with Gasteiger partial charge in [-0.25, -0.2) is 4.98 Å². The first-order valence-electron chi connectivity index (χ1n) is 5.61. The molecule has 0 amide bonds. The second-order valence-electron chi connectivity index (χ2n) is 4.09. The highest BCUT2D eigenvalue weighted by atomic mass is 79.9. The molecule has 0 radical (unpaired) electrons. The van der Waals surface area contributed by atoms with Gasteiger partial charge in [-0.05, 0) is 29.8 Å². The number of rotatable bonds is 2. The lowest BCUT2D eigenvalue weighted by molar-refractivity contribution is 0.282. The van der Waals surface area contributed by atoms with Crippen LogP contribution in [0.5, 0.6) is 0 Å². The van der Waals surface area contributed by atoms with Crippen molar-refractivity contribution in [1.29, 1.82) is 0 Å². The molecule has 0 unspecified atom stereocenters. The summed E-state index contributed by atoms with van der Waals surface area (Å²) in [6.45, 7) is 0.0387. The second-order valence-corrected chi connectivity index (χ2v) is 5.01. The standard InChI is InChI=1S/C14H11BrN2O/c15-12-3-1-11(2-4-12)13-8-17-6-5-10(9-18)7-14(17)16-13/h1-8,18H,9H2. The van der Waals surface area contributed by atoms with Gasteiger partial charge in [0.15, 0.2) is 0 Å². The number of pyridine rings is 1. The highest BCUT2D eigenvalue weighted by Gasteiger charge is 2.04. The molecule has 2 heterocycles. The molecule has 0 bridgehead atoms. The average Bonchev–Trinajstić information content (AvgIpc) is 2.82. The smallest absolute Gasteiger partial charge is 0.137 e. The molecule has 1 N–H and O–H groups in total. The van der Waals surface area contributed by atoms with Crippen molar-refractivity contribution in [2.45, 2.75) is 6.61 Å². The van der Waals surface area contributed by atoms with Crippen LogP contribution in [0.4, 0.5) is 0 Å². The zero-order valence-electron chi connectivity index (χ0n) is 9.55. The second kappa shape index (κ2) is 4.55. The molecule has 2 aromatic heterocycles. The van der Waals surface area contributed by atoms with Crippen LogP contribution in [-0.2, 0) is 6.61 Å². The number of aliphatic hydroxyl groups is 1. The fraction of sp³-hybridized carbons (Fsp3) is 0.0714. The highest BCUT2D eigenvalue weighted by molar-refractivity contribution is 9.10. The first-order chi connectivity index (χ1) is 8.76. The topological polar surface area (TPSA) is 37.5 Å². The molecule has 3 nitrogen and oxygen atoms in total. The van der Waals surface area contributed by atoms with Crippen molar-refractivity contribution < 1.29 is 5.11 Å². The van der Waals surface area contributed by atoms with Crippen LogP contribution >= 0.6 is 15.9 Å². The van der Waals surface area contributed by atoms with Gasteiger partial charge in [-0.15, -0.1) is 0 Å². The van der Waals surface area contributed by atoms with E-state index in [-0.39, 0.29) is 6.61 Å². The summed E-state index contributed by atoms with van der Waals surface area (Å²) >= 11 is 3.42. The summed E-state index contributed by atoms with van der Waals surface area (Å²) in [6.07, 6.45) is 3.90. The van der Waals surface area contributed by atoms with E-state index in [1.807, 2.05) is 53.2 Å². The molecule has 4 heteroatoms. The van der Waals surface area contributed by atoms with Gasteiger partial charge in [0.2, 0.25) is 0 Å². The molecule has 0 atom stereocenters. The molecule has 0 saturated carbocycles. The molecule has 3 rings (SSSR count).